The summed E-state index contributed by atoms with van der Waals surface area (Å²) in [7, 11) is 0. The highest BCUT2D eigenvalue weighted by molar-refractivity contribution is 5.81. The summed E-state index contributed by atoms with van der Waals surface area (Å²) in [5.74, 6) is 4.99. The van der Waals surface area contributed by atoms with Gasteiger partial charge in [0.05, 0.1) is 5.41 Å². The maximum atomic E-state index is 11.6. The number of hydrogen-bond donors (Lipinski definition) is 3. The van der Waals surface area contributed by atoms with Crippen LogP contribution < -0.4 is 11.3 Å². The Morgan fingerprint density at radius 2 is 2.06 bits per heavy atom. The number of aliphatic hydroxyl groups excluding tert-OH is 1. The highest BCUT2D eigenvalue weighted by atomic mass is 16.3. The molecule has 96 valence electrons. The first-order valence-electron chi connectivity index (χ1n) is 5.71. The Labute approximate surface area is 98.0 Å². The SMILES string of the molecule is CC(C)N(CCCO)CC(C)(C)C(=O)NN. The van der Waals surface area contributed by atoms with E-state index in [0.29, 0.717) is 12.6 Å². The molecule has 0 radical (unpaired) electrons. The number of rotatable bonds is 7. The van der Waals surface area contributed by atoms with Gasteiger partial charge in [-0.1, -0.05) is 0 Å². The first-order valence-corrected chi connectivity index (χ1v) is 5.71. The number of carbonyl (C=O) groups is 1. The third-order valence-corrected chi connectivity index (χ3v) is 2.68. The molecule has 0 unspecified atom stereocenters. The monoisotopic (exact) mass is 231 g/mol. The van der Waals surface area contributed by atoms with Crippen molar-refractivity contribution in [3.8, 4) is 0 Å². The Balaban J connectivity index is 4.42. The molecule has 0 saturated carbocycles. The Hall–Kier alpha value is -0.650. The van der Waals surface area contributed by atoms with E-state index in [1.54, 1.807) is 0 Å². The molecule has 0 heterocycles. The van der Waals surface area contributed by atoms with E-state index in [2.05, 4.69) is 24.2 Å². The zero-order chi connectivity index (χ0) is 12.8. The lowest BCUT2D eigenvalue weighted by Gasteiger charge is -2.33. The lowest BCUT2D eigenvalue weighted by atomic mass is 9.91. The second-order valence-electron chi connectivity index (χ2n) is 5.00. The molecule has 0 aliphatic heterocycles. The van der Waals surface area contributed by atoms with Gasteiger partial charge in [-0.2, -0.15) is 0 Å². The number of amides is 1. The molecule has 0 spiro atoms. The van der Waals surface area contributed by atoms with Gasteiger partial charge in [-0.25, -0.2) is 5.84 Å². The molecule has 0 aromatic carbocycles. The Kier molecular flexibility index (Phi) is 6.55. The lowest BCUT2D eigenvalue weighted by molar-refractivity contribution is -0.130. The summed E-state index contributed by atoms with van der Waals surface area (Å²) in [6, 6.07) is 0.344. The van der Waals surface area contributed by atoms with Crippen molar-refractivity contribution in [2.24, 2.45) is 11.3 Å². The maximum absolute atomic E-state index is 11.6. The molecule has 0 saturated heterocycles. The molecule has 0 aromatic rings. The quantitative estimate of drug-likeness (QED) is 0.330. The summed E-state index contributed by atoms with van der Waals surface area (Å²) in [4.78, 5) is 13.7. The molecule has 5 heteroatoms. The van der Waals surface area contributed by atoms with Crippen molar-refractivity contribution in [3.63, 3.8) is 0 Å². The van der Waals surface area contributed by atoms with Crippen LogP contribution in [-0.4, -0.2) is 41.7 Å². The molecule has 0 aromatic heterocycles. The first kappa shape index (κ1) is 15.3. The number of nitrogens with one attached hydrogen (secondary N) is 1. The van der Waals surface area contributed by atoms with Crippen molar-refractivity contribution in [3.05, 3.63) is 0 Å². The largest absolute Gasteiger partial charge is 0.396 e. The summed E-state index contributed by atoms with van der Waals surface area (Å²) in [5, 5.41) is 8.82. The lowest BCUT2D eigenvalue weighted by Crippen LogP contribution is -2.49. The number of carbonyl (C=O) groups excluding carboxylic acids is 1. The molecular formula is C11H25N3O2. The van der Waals surface area contributed by atoms with Crippen molar-refractivity contribution >= 4 is 5.91 Å². The Bertz CT molecular complexity index is 217. The zero-order valence-corrected chi connectivity index (χ0v) is 10.8. The number of hydrazine groups is 1. The number of nitrogens with two attached hydrogens (primary N) is 1. The van der Waals surface area contributed by atoms with E-state index in [4.69, 9.17) is 10.9 Å². The summed E-state index contributed by atoms with van der Waals surface area (Å²) < 4.78 is 0. The van der Waals surface area contributed by atoms with Crippen molar-refractivity contribution < 1.29 is 9.90 Å². The second kappa shape index (κ2) is 6.83. The third-order valence-electron chi connectivity index (χ3n) is 2.68. The molecule has 0 bridgehead atoms. The van der Waals surface area contributed by atoms with Crippen LogP contribution in [0, 0.1) is 5.41 Å². The minimum absolute atomic E-state index is 0.165. The highest BCUT2D eigenvalue weighted by Gasteiger charge is 2.30. The van der Waals surface area contributed by atoms with Gasteiger partial charge in [-0.05, 0) is 34.1 Å². The molecule has 0 aliphatic carbocycles. The van der Waals surface area contributed by atoms with Crippen LogP contribution in [-0.2, 0) is 4.79 Å². The smallest absolute Gasteiger partial charge is 0.240 e. The number of aliphatic hydroxyl groups is 1. The average molecular weight is 231 g/mol. The number of hydrogen-bond acceptors (Lipinski definition) is 4. The minimum atomic E-state index is -0.519. The van der Waals surface area contributed by atoms with Gasteiger partial charge in [0.1, 0.15) is 0 Å². The van der Waals surface area contributed by atoms with Crippen molar-refractivity contribution in [1.29, 1.82) is 0 Å². The van der Waals surface area contributed by atoms with Gasteiger partial charge in [0, 0.05) is 25.7 Å². The second-order valence-corrected chi connectivity index (χ2v) is 5.00. The predicted molar refractivity (Wildman–Crippen MR) is 64.5 cm³/mol. The van der Waals surface area contributed by atoms with Gasteiger partial charge in [-0.3, -0.25) is 15.1 Å². The van der Waals surface area contributed by atoms with Gasteiger partial charge < -0.3 is 5.11 Å². The van der Waals surface area contributed by atoms with Crippen LogP contribution in [0.25, 0.3) is 0 Å². The van der Waals surface area contributed by atoms with Crippen molar-refractivity contribution in [2.75, 3.05) is 19.7 Å². The highest BCUT2D eigenvalue weighted by Crippen LogP contribution is 2.18. The topological polar surface area (TPSA) is 78.6 Å². The van der Waals surface area contributed by atoms with Crippen LogP contribution in [0.2, 0.25) is 0 Å². The van der Waals surface area contributed by atoms with E-state index in [-0.39, 0.29) is 12.5 Å². The van der Waals surface area contributed by atoms with E-state index in [1.165, 1.54) is 0 Å². The van der Waals surface area contributed by atoms with Crippen LogP contribution in [0.15, 0.2) is 0 Å². The standard InChI is InChI=1S/C11H25N3O2/c1-9(2)14(6-5-7-15)8-11(3,4)10(16)13-12/h9,15H,5-8,12H2,1-4H3,(H,13,16). The third kappa shape index (κ3) is 4.92. The fourth-order valence-electron chi connectivity index (χ4n) is 1.57. The predicted octanol–water partition coefficient (Wildman–Crippen LogP) is 0.0953. The summed E-state index contributed by atoms with van der Waals surface area (Å²) >= 11 is 0. The summed E-state index contributed by atoms with van der Waals surface area (Å²) in [6.45, 7) is 9.48. The van der Waals surface area contributed by atoms with Crippen LogP contribution in [0.3, 0.4) is 0 Å². The van der Waals surface area contributed by atoms with Gasteiger partial charge in [-0.15, -0.1) is 0 Å². The van der Waals surface area contributed by atoms with Crippen LogP contribution in [0.4, 0.5) is 0 Å². The van der Waals surface area contributed by atoms with E-state index >= 15 is 0 Å². The average Bonchev–Trinajstić information content (AvgIpc) is 2.22. The summed E-state index contributed by atoms with van der Waals surface area (Å²) in [5.41, 5.74) is 1.67. The van der Waals surface area contributed by atoms with Gasteiger partial charge >= 0.3 is 0 Å². The van der Waals surface area contributed by atoms with Crippen molar-refractivity contribution in [1.82, 2.24) is 10.3 Å². The van der Waals surface area contributed by atoms with Crippen LogP contribution >= 0.6 is 0 Å². The fraction of sp³-hybridized carbons (Fsp3) is 0.909. The molecule has 0 rings (SSSR count). The summed E-state index contributed by atoms with van der Waals surface area (Å²) in [6.07, 6.45) is 0.721. The molecular weight excluding hydrogens is 206 g/mol. The molecule has 0 aliphatic rings. The van der Waals surface area contributed by atoms with E-state index < -0.39 is 5.41 Å². The fourth-order valence-corrected chi connectivity index (χ4v) is 1.57. The van der Waals surface area contributed by atoms with Gasteiger partial charge in [0.15, 0.2) is 0 Å². The number of nitrogens with zero attached hydrogens (tertiary/aromatic N) is 1. The molecule has 0 fully saturated rings. The zero-order valence-electron chi connectivity index (χ0n) is 10.8. The van der Waals surface area contributed by atoms with Gasteiger partial charge in [0.2, 0.25) is 5.91 Å². The Morgan fingerprint density at radius 1 is 1.50 bits per heavy atom. The maximum Gasteiger partial charge on any atom is 0.240 e. The molecule has 0 atom stereocenters. The molecule has 5 nitrogen and oxygen atoms in total. The normalized spacial score (nSPS) is 12.2. The molecule has 4 N–H and O–H groups in total. The van der Waals surface area contributed by atoms with Crippen LogP contribution in [0.1, 0.15) is 34.1 Å². The van der Waals surface area contributed by atoms with E-state index in [9.17, 15) is 4.79 Å². The minimum Gasteiger partial charge on any atom is -0.396 e. The van der Waals surface area contributed by atoms with Crippen LogP contribution in [0.5, 0.6) is 0 Å². The first-order chi connectivity index (χ1) is 7.35. The van der Waals surface area contributed by atoms with E-state index in [0.717, 1.165) is 13.0 Å². The molecule has 1 amide bonds. The van der Waals surface area contributed by atoms with Gasteiger partial charge in [0.25, 0.3) is 0 Å². The van der Waals surface area contributed by atoms with E-state index in [1.807, 2.05) is 13.8 Å². The Morgan fingerprint density at radius 3 is 2.44 bits per heavy atom. The molecule has 16 heavy (non-hydrogen) atoms. The van der Waals surface area contributed by atoms with Crippen molar-refractivity contribution in [2.45, 2.75) is 40.2 Å².